The molecule has 44 heavy (non-hydrogen) atoms. The van der Waals surface area contributed by atoms with Gasteiger partial charge in [0.05, 0.1) is 46.2 Å². The van der Waals surface area contributed by atoms with E-state index in [-0.39, 0.29) is 29.8 Å². The lowest BCUT2D eigenvalue weighted by Gasteiger charge is -2.31. The molecule has 2 aromatic carbocycles. The van der Waals surface area contributed by atoms with E-state index in [9.17, 15) is 23.1 Å². The molecule has 0 bridgehead atoms. The van der Waals surface area contributed by atoms with E-state index < -0.39 is 29.9 Å². The van der Waals surface area contributed by atoms with Crippen LogP contribution >= 0.6 is 0 Å². The number of amides is 1. The fourth-order valence-corrected chi connectivity index (χ4v) is 5.34. The number of carbonyl (C=O) groups is 1. The summed E-state index contributed by atoms with van der Waals surface area (Å²) in [6.45, 7) is 0.838. The second-order valence-electron chi connectivity index (χ2n) is 11.1. The lowest BCUT2D eigenvalue weighted by molar-refractivity contribution is -0.265. The molecule has 2 N–H and O–H groups in total. The number of aromatic nitrogens is 3. The van der Waals surface area contributed by atoms with Gasteiger partial charge in [0.15, 0.2) is 11.5 Å². The summed E-state index contributed by atoms with van der Waals surface area (Å²) in [6, 6.07) is 9.21. The molecule has 0 radical (unpaired) electrons. The highest BCUT2D eigenvalue weighted by atomic mass is 19.4. The number of aliphatic hydroxyl groups is 1. The molecule has 10 nitrogen and oxygen atoms in total. The first-order chi connectivity index (χ1) is 21.0. The minimum Gasteiger partial charge on any atom is -0.494 e. The van der Waals surface area contributed by atoms with Gasteiger partial charge in [-0.25, -0.2) is 4.98 Å². The molecule has 2 atom stereocenters. The number of carbonyl (C=O) groups excluding carboxylic acids is 1. The number of rotatable bonds is 9. The van der Waals surface area contributed by atoms with Gasteiger partial charge in [-0.3, -0.25) is 9.48 Å². The largest absolute Gasteiger partial charge is 0.494 e. The highest BCUT2D eigenvalue weighted by Gasteiger charge is 2.57. The zero-order valence-corrected chi connectivity index (χ0v) is 24.5. The number of hydrogen-bond acceptors (Lipinski definition) is 8. The number of ether oxygens (including phenoxy) is 4. The number of hydrogen-bond donors (Lipinski definition) is 2. The normalized spacial score (nSPS) is 17.5. The Balaban J connectivity index is 1.37. The van der Waals surface area contributed by atoms with Crippen molar-refractivity contribution in [3.8, 4) is 34.3 Å². The van der Waals surface area contributed by atoms with Crippen LogP contribution in [0.2, 0.25) is 0 Å². The maximum atomic E-state index is 14.7. The monoisotopic (exact) mass is 612 g/mol. The Morgan fingerprint density at radius 2 is 1.80 bits per heavy atom. The van der Waals surface area contributed by atoms with Crippen molar-refractivity contribution in [1.82, 2.24) is 20.1 Å². The van der Waals surface area contributed by atoms with Crippen molar-refractivity contribution in [2.45, 2.75) is 43.5 Å². The predicted molar refractivity (Wildman–Crippen MR) is 154 cm³/mol. The van der Waals surface area contributed by atoms with Crippen molar-refractivity contribution in [2.75, 3.05) is 34.5 Å². The number of fused-ring (bicyclic) bond motifs is 2. The van der Waals surface area contributed by atoms with Crippen LogP contribution in [-0.4, -0.2) is 66.4 Å². The lowest BCUT2D eigenvalue weighted by Crippen LogP contribution is -2.51. The van der Waals surface area contributed by atoms with E-state index in [1.54, 1.807) is 36.0 Å². The number of nitrogens with zero attached hydrogens (tertiary/aromatic N) is 3. The van der Waals surface area contributed by atoms with Gasteiger partial charge in [-0.15, -0.1) is 0 Å². The van der Waals surface area contributed by atoms with E-state index in [1.165, 1.54) is 39.5 Å². The molecule has 1 aliphatic carbocycles. The number of pyridine rings is 1. The molecule has 0 spiro atoms. The Kier molecular flexibility index (Phi) is 7.31. The quantitative estimate of drug-likeness (QED) is 0.267. The maximum absolute atomic E-state index is 14.7. The van der Waals surface area contributed by atoms with Crippen molar-refractivity contribution in [1.29, 1.82) is 0 Å². The van der Waals surface area contributed by atoms with Gasteiger partial charge >= 0.3 is 6.18 Å². The summed E-state index contributed by atoms with van der Waals surface area (Å²) in [7, 11) is 4.33. The highest BCUT2D eigenvalue weighted by Crippen LogP contribution is 2.46. The number of methoxy groups -OCH3 is 3. The van der Waals surface area contributed by atoms with Gasteiger partial charge in [-0.1, -0.05) is 6.92 Å². The Labute approximate surface area is 250 Å². The molecule has 0 unspecified atom stereocenters. The zero-order chi connectivity index (χ0) is 31.4. The van der Waals surface area contributed by atoms with Crippen LogP contribution in [0.5, 0.6) is 23.0 Å². The lowest BCUT2D eigenvalue weighted by atomic mass is 9.92. The first kappa shape index (κ1) is 29.5. The molecule has 2 aromatic heterocycles. The zero-order valence-electron chi connectivity index (χ0n) is 24.5. The predicted octanol–water partition coefficient (Wildman–Crippen LogP) is 5.13. The van der Waals surface area contributed by atoms with Crippen LogP contribution in [0.4, 0.5) is 13.2 Å². The first-order valence-corrected chi connectivity index (χ1v) is 14.0. The molecule has 6 rings (SSSR count). The van der Waals surface area contributed by atoms with E-state index in [0.29, 0.717) is 45.0 Å². The third kappa shape index (κ3) is 5.04. The number of alkyl halides is 3. The van der Waals surface area contributed by atoms with Crippen molar-refractivity contribution < 1.29 is 42.0 Å². The maximum Gasteiger partial charge on any atom is 0.424 e. The minimum absolute atomic E-state index is 0.0594. The molecule has 13 heteroatoms. The second-order valence-corrected chi connectivity index (χ2v) is 11.1. The third-order valence-electron chi connectivity index (χ3n) is 8.06. The molecule has 2 aliphatic rings. The molecule has 1 fully saturated rings. The average molecular weight is 613 g/mol. The van der Waals surface area contributed by atoms with E-state index in [4.69, 9.17) is 18.9 Å². The van der Waals surface area contributed by atoms with Crippen LogP contribution in [-0.2, 0) is 5.60 Å². The number of halogens is 3. The molecule has 1 aliphatic heterocycles. The standard InChI is InChI=1S/C31H31F3N4O6/c1-16-14-44-28-21(16)12-25(36-27(28)17-5-8-22(41-2)23(10-17)42-3)30(40,31(32,33)34)15-35-29(39)18-9-19-13-38(20-6-7-20)37-26(19)24(11-18)43-4/h5,8-13,16,20,40H,6-7,14-15H2,1-4H3,(H,35,39)/t16-,30-/m1/s1. The SMILES string of the molecule is COc1ccc(-c2nc([C@](O)(CNC(=O)c3cc(OC)c4nn(C5CC5)cc4c3)C(F)(F)F)cc3c2OC[C@H]3C)cc1OC. The second kappa shape index (κ2) is 10.9. The van der Waals surface area contributed by atoms with Gasteiger partial charge < -0.3 is 29.4 Å². The molecule has 1 saturated carbocycles. The number of nitrogens with one attached hydrogen (secondary N) is 1. The van der Waals surface area contributed by atoms with Crippen LogP contribution in [0, 0.1) is 0 Å². The van der Waals surface area contributed by atoms with Gasteiger partial charge in [-0.2, -0.15) is 18.3 Å². The molecule has 3 heterocycles. The molecule has 1 amide bonds. The summed E-state index contributed by atoms with van der Waals surface area (Å²) in [4.78, 5) is 17.5. The molecule has 0 saturated heterocycles. The van der Waals surface area contributed by atoms with E-state index in [1.807, 2.05) is 0 Å². The van der Waals surface area contributed by atoms with Gasteiger partial charge in [-0.05, 0) is 49.2 Å². The highest BCUT2D eigenvalue weighted by molar-refractivity contribution is 6.00. The Bertz CT molecular complexity index is 1750. The van der Waals surface area contributed by atoms with Crippen LogP contribution in [0.1, 0.15) is 53.3 Å². The summed E-state index contributed by atoms with van der Waals surface area (Å²) in [5, 5.41) is 18.7. The fraction of sp³-hybridized carbons (Fsp3) is 0.387. The Hall–Kier alpha value is -4.52. The molecular weight excluding hydrogens is 581 g/mol. The van der Waals surface area contributed by atoms with Gasteiger partial charge in [0.25, 0.3) is 5.91 Å². The van der Waals surface area contributed by atoms with Crippen molar-refractivity contribution in [3.63, 3.8) is 0 Å². The summed E-state index contributed by atoms with van der Waals surface area (Å²) >= 11 is 0. The Morgan fingerprint density at radius 3 is 2.45 bits per heavy atom. The summed E-state index contributed by atoms with van der Waals surface area (Å²) in [5.41, 5.74) is -2.65. The first-order valence-electron chi connectivity index (χ1n) is 14.0. The fourth-order valence-electron chi connectivity index (χ4n) is 5.34. The van der Waals surface area contributed by atoms with Gasteiger partial charge in [0.1, 0.15) is 22.7 Å². The smallest absolute Gasteiger partial charge is 0.424 e. The van der Waals surface area contributed by atoms with E-state index in [0.717, 1.165) is 12.8 Å². The van der Waals surface area contributed by atoms with Crippen LogP contribution < -0.4 is 24.3 Å². The summed E-state index contributed by atoms with van der Waals surface area (Å²) in [6.07, 6.45) is -1.43. The summed E-state index contributed by atoms with van der Waals surface area (Å²) in [5.74, 6) is 0.285. The van der Waals surface area contributed by atoms with Crippen LogP contribution in [0.3, 0.4) is 0 Å². The van der Waals surface area contributed by atoms with Crippen molar-refractivity contribution in [2.24, 2.45) is 0 Å². The molecule has 232 valence electrons. The minimum atomic E-state index is -5.20. The van der Waals surface area contributed by atoms with Gasteiger partial charge in [0.2, 0.25) is 5.60 Å². The third-order valence-corrected chi connectivity index (χ3v) is 8.06. The molecule has 4 aromatic rings. The Morgan fingerprint density at radius 1 is 1.07 bits per heavy atom. The van der Waals surface area contributed by atoms with E-state index >= 15 is 0 Å². The van der Waals surface area contributed by atoms with Crippen LogP contribution in [0.25, 0.3) is 22.2 Å². The van der Waals surface area contributed by atoms with Crippen molar-refractivity contribution in [3.05, 3.63) is 59.4 Å². The topological polar surface area (TPSA) is 117 Å². The average Bonchev–Trinajstić information content (AvgIpc) is 3.67. The molecular formula is C31H31F3N4O6. The number of benzene rings is 2. The van der Waals surface area contributed by atoms with Gasteiger partial charge in [0, 0.05) is 34.2 Å². The van der Waals surface area contributed by atoms with E-state index in [2.05, 4.69) is 15.4 Å². The van der Waals surface area contributed by atoms with Crippen molar-refractivity contribution >= 4 is 16.8 Å². The summed E-state index contributed by atoms with van der Waals surface area (Å²) < 4.78 is 67.8. The van der Waals surface area contributed by atoms with Crippen LogP contribution in [0.15, 0.2) is 42.6 Å².